The number of ether oxygens (including phenoxy) is 1. The molecule has 0 radical (unpaired) electrons. The van der Waals surface area contributed by atoms with Crippen LogP contribution in [-0.2, 0) is 22.7 Å². The molecule has 0 saturated carbocycles. The summed E-state index contributed by atoms with van der Waals surface area (Å²) in [5.74, 6) is -0.686. The van der Waals surface area contributed by atoms with Gasteiger partial charge in [-0.05, 0) is 49.2 Å². The van der Waals surface area contributed by atoms with Crippen LogP contribution in [0.15, 0.2) is 72.8 Å². The second kappa shape index (κ2) is 11.5. The first-order valence-electron chi connectivity index (χ1n) is 10.6. The van der Waals surface area contributed by atoms with Crippen LogP contribution < -0.4 is 10.1 Å². The normalized spacial score (nSPS) is 11.5. The lowest BCUT2D eigenvalue weighted by molar-refractivity contribution is -0.142. The van der Waals surface area contributed by atoms with E-state index >= 15 is 0 Å². The number of halogens is 2. The van der Waals surface area contributed by atoms with Gasteiger partial charge in [-0.1, -0.05) is 65.7 Å². The molecule has 172 valence electrons. The summed E-state index contributed by atoms with van der Waals surface area (Å²) in [6, 6.07) is 19.7. The van der Waals surface area contributed by atoms with Gasteiger partial charge in [0.2, 0.25) is 5.91 Å². The molecule has 0 unspecified atom stereocenters. The molecule has 0 spiro atoms. The van der Waals surface area contributed by atoms with Crippen molar-refractivity contribution in [3.05, 3.63) is 100 Å². The number of nitrogens with one attached hydrogen (secondary N) is 1. The Bertz CT molecular complexity index is 1090. The van der Waals surface area contributed by atoms with Crippen molar-refractivity contribution in [1.29, 1.82) is 0 Å². The molecule has 2 amide bonds. The molecule has 7 heteroatoms. The van der Waals surface area contributed by atoms with Crippen LogP contribution in [0.4, 0.5) is 4.39 Å². The summed E-state index contributed by atoms with van der Waals surface area (Å²) < 4.78 is 18.9. The first-order valence-corrected chi connectivity index (χ1v) is 11.0. The van der Waals surface area contributed by atoms with Gasteiger partial charge in [0.25, 0.3) is 5.91 Å². The van der Waals surface area contributed by atoms with Crippen LogP contribution in [-0.4, -0.2) is 29.4 Å². The zero-order valence-electron chi connectivity index (χ0n) is 18.6. The first-order chi connectivity index (χ1) is 15.8. The number of rotatable bonds is 9. The highest BCUT2D eigenvalue weighted by atomic mass is 35.5. The van der Waals surface area contributed by atoms with E-state index in [4.69, 9.17) is 16.3 Å². The number of carbonyl (C=O) groups excluding carboxylic acids is 2. The lowest BCUT2D eigenvalue weighted by atomic mass is 10.1. The number of hydrogen-bond donors (Lipinski definition) is 1. The minimum Gasteiger partial charge on any atom is -0.482 e. The molecule has 0 heterocycles. The van der Waals surface area contributed by atoms with Crippen molar-refractivity contribution >= 4 is 23.4 Å². The predicted octanol–water partition coefficient (Wildman–Crippen LogP) is 4.90. The van der Waals surface area contributed by atoms with E-state index in [-0.39, 0.29) is 24.9 Å². The molecule has 0 saturated heterocycles. The van der Waals surface area contributed by atoms with Crippen molar-refractivity contribution in [1.82, 2.24) is 10.2 Å². The molecule has 0 fully saturated rings. The number of aryl methyl sites for hydroxylation is 1. The number of nitrogens with zero attached hydrogens (tertiary/aromatic N) is 1. The lowest BCUT2D eigenvalue weighted by Gasteiger charge is -2.29. The molecular formula is C26H26ClFN2O3. The standard InChI is InChI=1S/C26H26ClFN2O3/c1-18-7-9-20(10-8-18)15-29-26(32)19(2)30(16-21-11-13-22(28)14-12-21)25(31)17-33-24-6-4-3-5-23(24)27/h3-14,19H,15-17H2,1-2H3,(H,29,32)/t19-/m0/s1. The fraction of sp³-hybridized carbons (Fsp3) is 0.231. The predicted molar refractivity (Wildman–Crippen MR) is 126 cm³/mol. The Morgan fingerprint density at radius 2 is 1.64 bits per heavy atom. The summed E-state index contributed by atoms with van der Waals surface area (Å²) >= 11 is 6.10. The Morgan fingerprint density at radius 1 is 1.00 bits per heavy atom. The van der Waals surface area contributed by atoms with Gasteiger partial charge in [0, 0.05) is 13.1 Å². The maximum Gasteiger partial charge on any atom is 0.261 e. The Balaban J connectivity index is 1.70. The monoisotopic (exact) mass is 468 g/mol. The van der Waals surface area contributed by atoms with Gasteiger partial charge >= 0.3 is 0 Å². The second-order valence-electron chi connectivity index (χ2n) is 7.75. The van der Waals surface area contributed by atoms with Gasteiger partial charge in [-0.3, -0.25) is 9.59 Å². The molecule has 5 nitrogen and oxygen atoms in total. The van der Waals surface area contributed by atoms with Crippen LogP contribution >= 0.6 is 11.6 Å². The van der Waals surface area contributed by atoms with Crippen molar-refractivity contribution in [2.45, 2.75) is 33.0 Å². The van der Waals surface area contributed by atoms with Gasteiger partial charge in [0.05, 0.1) is 5.02 Å². The first kappa shape index (κ1) is 24.3. The van der Waals surface area contributed by atoms with Crippen molar-refractivity contribution in [2.24, 2.45) is 0 Å². The number of hydrogen-bond acceptors (Lipinski definition) is 3. The summed E-state index contributed by atoms with van der Waals surface area (Å²) in [5, 5.41) is 3.26. The minimum atomic E-state index is -0.775. The van der Waals surface area contributed by atoms with Crippen molar-refractivity contribution in [2.75, 3.05) is 6.61 Å². The SMILES string of the molecule is Cc1ccc(CNC(=O)[C@H](C)N(Cc2ccc(F)cc2)C(=O)COc2ccccc2Cl)cc1. The summed E-state index contributed by atoms with van der Waals surface area (Å²) in [6.07, 6.45) is 0. The van der Waals surface area contributed by atoms with Crippen LogP contribution in [0.2, 0.25) is 5.02 Å². The topological polar surface area (TPSA) is 58.6 Å². The highest BCUT2D eigenvalue weighted by molar-refractivity contribution is 6.32. The third-order valence-electron chi connectivity index (χ3n) is 5.21. The van der Waals surface area contributed by atoms with E-state index in [1.54, 1.807) is 43.3 Å². The maximum atomic E-state index is 13.3. The van der Waals surface area contributed by atoms with Gasteiger partial charge in [-0.25, -0.2) is 4.39 Å². The summed E-state index contributed by atoms with van der Waals surface area (Å²) in [6.45, 7) is 3.83. The largest absolute Gasteiger partial charge is 0.482 e. The molecule has 0 aromatic heterocycles. The maximum absolute atomic E-state index is 13.3. The number of benzene rings is 3. The molecular weight excluding hydrogens is 443 g/mol. The fourth-order valence-electron chi connectivity index (χ4n) is 3.20. The van der Waals surface area contributed by atoms with Crippen molar-refractivity contribution in [3.63, 3.8) is 0 Å². The Labute approximate surface area is 198 Å². The van der Waals surface area contributed by atoms with Crippen LogP contribution in [0, 0.1) is 12.7 Å². The molecule has 0 aliphatic heterocycles. The summed E-state index contributed by atoms with van der Waals surface area (Å²) in [5.41, 5.74) is 2.79. The fourth-order valence-corrected chi connectivity index (χ4v) is 3.39. The van der Waals surface area contributed by atoms with Crippen LogP contribution in [0.3, 0.4) is 0 Å². The molecule has 3 rings (SSSR count). The average Bonchev–Trinajstić information content (AvgIpc) is 2.82. The number of para-hydroxylation sites is 1. The summed E-state index contributed by atoms with van der Waals surface area (Å²) in [4.78, 5) is 27.3. The number of carbonyl (C=O) groups is 2. The molecule has 0 aliphatic rings. The molecule has 1 N–H and O–H groups in total. The highest BCUT2D eigenvalue weighted by Gasteiger charge is 2.26. The summed E-state index contributed by atoms with van der Waals surface area (Å²) in [7, 11) is 0. The van der Waals surface area contributed by atoms with Gasteiger partial charge in [0.1, 0.15) is 17.6 Å². The molecule has 0 aliphatic carbocycles. The second-order valence-corrected chi connectivity index (χ2v) is 8.15. The zero-order chi connectivity index (χ0) is 23.8. The zero-order valence-corrected chi connectivity index (χ0v) is 19.3. The third kappa shape index (κ3) is 7.05. The van der Waals surface area contributed by atoms with Gasteiger partial charge in [0.15, 0.2) is 6.61 Å². The van der Waals surface area contributed by atoms with Gasteiger partial charge in [-0.2, -0.15) is 0 Å². The molecule has 33 heavy (non-hydrogen) atoms. The molecule has 0 bridgehead atoms. The van der Waals surface area contributed by atoms with E-state index in [1.165, 1.54) is 17.0 Å². The number of amides is 2. The molecule has 3 aromatic carbocycles. The van der Waals surface area contributed by atoms with E-state index in [9.17, 15) is 14.0 Å². The Morgan fingerprint density at radius 3 is 2.30 bits per heavy atom. The van der Waals surface area contributed by atoms with Gasteiger partial charge in [-0.15, -0.1) is 0 Å². The third-order valence-corrected chi connectivity index (χ3v) is 5.52. The average molecular weight is 469 g/mol. The van der Waals surface area contributed by atoms with Gasteiger partial charge < -0.3 is 15.0 Å². The molecule has 3 aromatic rings. The van der Waals surface area contributed by atoms with E-state index < -0.39 is 11.9 Å². The highest BCUT2D eigenvalue weighted by Crippen LogP contribution is 2.23. The van der Waals surface area contributed by atoms with E-state index in [1.807, 2.05) is 31.2 Å². The van der Waals surface area contributed by atoms with E-state index in [0.29, 0.717) is 22.9 Å². The molecule has 1 atom stereocenters. The Hall–Kier alpha value is -3.38. The smallest absolute Gasteiger partial charge is 0.261 e. The Kier molecular flexibility index (Phi) is 8.44. The quantitative estimate of drug-likeness (QED) is 0.486. The van der Waals surface area contributed by atoms with Crippen LogP contribution in [0.5, 0.6) is 5.75 Å². The van der Waals surface area contributed by atoms with E-state index in [2.05, 4.69) is 5.32 Å². The van der Waals surface area contributed by atoms with Crippen molar-refractivity contribution in [3.8, 4) is 5.75 Å². The van der Waals surface area contributed by atoms with E-state index in [0.717, 1.165) is 11.1 Å². The van der Waals surface area contributed by atoms with Crippen molar-refractivity contribution < 1.29 is 18.7 Å². The van der Waals surface area contributed by atoms with Crippen LogP contribution in [0.1, 0.15) is 23.6 Å². The lowest BCUT2D eigenvalue weighted by Crippen LogP contribution is -2.48. The minimum absolute atomic E-state index is 0.129. The van der Waals surface area contributed by atoms with Crippen LogP contribution in [0.25, 0.3) is 0 Å².